The van der Waals surface area contributed by atoms with Crippen molar-refractivity contribution in [2.45, 2.75) is 6.10 Å². The van der Waals surface area contributed by atoms with Gasteiger partial charge >= 0.3 is 0 Å². The summed E-state index contributed by atoms with van der Waals surface area (Å²) in [5.74, 6) is 2.73. The molecule has 0 radical (unpaired) electrons. The molecule has 1 aliphatic rings. The lowest BCUT2D eigenvalue weighted by Crippen LogP contribution is -2.04. The van der Waals surface area contributed by atoms with E-state index in [1.807, 2.05) is 18.2 Å². The molecule has 0 spiro atoms. The van der Waals surface area contributed by atoms with E-state index in [9.17, 15) is 5.11 Å². The Hall–Kier alpha value is -3.45. The maximum Gasteiger partial charge on any atom is 0.196 e. The number of benzene rings is 1. The van der Waals surface area contributed by atoms with E-state index in [0.717, 1.165) is 5.56 Å². The molecule has 1 atom stereocenters. The Balaban J connectivity index is 1.76. The molecular weight excluding hydrogens is 358 g/mol. The van der Waals surface area contributed by atoms with Gasteiger partial charge in [0.15, 0.2) is 5.88 Å². The lowest BCUT2D eigenvalue weighted by Gasteiger charge is -2.13. The fourth-order valence-corrected chi connectivity index (χ4v) is 2.78. The Morgan fingerprint density at radius 1 is 1.29 bits per heavy atom. The third-order valence-electron chi connectivity index (χ3n) is 4.20. The van der Waals surface area contributed by atoms with Gasteiger partial charge in [0.05, 0.1) is 19.9 Å². The quantitative estimate of drug-likeness (QED) is 0.678. The number of hydrogen-bond acceptors (Lipinski definition) is 7. The van der Waals surface area contributed by atoms with Gasteiger partial charge in [0, 0.05) is 31.0 Å². The summed E-state index contributed by atoms with van der Waals surface area (Å²) < 4.78 is 16.3. The summed E-state index contributed by atoms with van der Waals surface area (Å²) in [6.45, 7) is 4.06. The van der Waals surface area contributed by atoms with E-state index in [0.29, 0.717) is 40.2 Å². The van der Waals surface area contributed by atoms with Crippen molar-refractivity contribution in [1.29, 1.82) is 0 Å². The van der Waals surface area contributed by atoms with Gasteiger partial charge in [0.2, 0.25) is 0 Å². The SMILES string of the molecule is C=C(/C=C1\OC(Nc2ccc(OC)cc2OC)=CC1O)c1cccnc1NC. The molecule has 2 heterocycles. The van der Waals surface area contributed by atoms with Crippen LogP contribution in [0, 0.1) is 0 Å². The van der Waals surface area contributed by atoms with Crippen LogP contribution in [0.3, 0.4) is 0 Å². The minimum absolute atomic E-state index is 0.367. The third kappa shape index (κ3) is 4.10. The van der Waals surface area contributed by atoms with Gasteiger partial charge in [-0.05, 0) is 35.9 Å². The minimum atomic E-state index is -0.891. The van der Waals surface area contributed by atoms with Crippen molar-refractivity contribution in [1.82, 2.24) is 4.98 Å². The largest absolute Gasteiger partial charge is 0.497 e. The number of anilines is 2. The molecule has 1 aromatic carbocycles. The van der Waals surface area contributed by atoms with E-state index >= 15 is 0 Å². The summed E-state index contributed by atoms with van der Waals surface area (Å²) in [6.07, 6.45) is 4.07. The number of ether oxygens (including phenoxy) is 3. The molecule has 0 bridgehead atoms. The number of nitrogens with one attached hydrogen (secondary N) is 2. The van der Waals surface area contributed by atoms with Crippen LogP contribution in [0.15, 0.2) is 66.9 Å². The molecule has 146 valence electrons. The van der Waals surface area contributed by atoms with Gasteiger partial charge in [-0.15, -0.1) is 0 Å². The Morgan fingerprint density at radius 3 is 2.82 bits per heavy atom. The molecule has 0 aliphatic carbocycles. The number of aromatic nitrogens is 1. The summed E-state index contributed by atoms with van der Waals surface area (Å²) in [6, 6.07) is 9.09. The van der Waals surface area contributed by atoms with E-state index in [-0.39, 0.29) is 0 Å². The molecular formula is C21H23N3O4. The molecule has 1 aromatic heterocycles. The predicted molar refractivity (Wildman–Crippen MR) is 109 cm³/mol. The van der Waals surface area contributed by atoms with Crippen molar-refractivity contribution in [3.05, 3.63) is 72.5 Å². The molecule has 1 aliphatic heterocycles. The van der Waals surface area contributed by atoms with Crippen molar-refractivity contribution in [3.63, 3.8) is 0 Å². The molecule has 3 rings (SSSR count). The van der Waals surface area contributed by atoms with Crippen molar-refractivity contribution in [3.8, 4) is 11.5 Å². The Labute approximate surface area is 164 Å². The first-order valence-electron chi connectivity index (χ1n) is 8.66. The molecule has 0 saturated heterocycles. The van der Waals surface area contributed by atoms with Crippen molar-refractivity contribution >= 4 is 17.1 Å². The number of methoxy groups -OCH3 is 2. The zero-order valence-corrected chi connectivity index (χ0v) is 16.0. The van der Waals surface area contributed by atoms with Crippen molar-refractivity contribution in [2.24, 2.45) is 0 Å². The van der Waals surface area contributed by atoms with Crippen LogP contribution in [0.4, 0.5) is 11.5 Å². The molecule has 1 unspecified atom stereocenters. The summed E-state index contributed by atoms with van der Waals surface area (Å²) in [7, 11) is 4.95. The highest BCUT2D eigenvalue weighted by Gasteiger charge is 2.23. The molecule has 28 heavy (non-hydrogen) atoms. The van der Waals surface area contributed by atoms with E-state index < -0.39 is 6.10 Å². The van der Waals surface area contributed by atoms with Crippen LogP contribution in [-0.4, -0.2) is 37.5 Å². The first-order valence-corrected chi connectivity index (χ1v) is 8.66. The number of pyridine rings is 1. The first kappa shape index (κ1) is 19.3. The van der Waals surface area contributed by atoms with Gasteiger partial charge in [-0.3, -0.25) is 0 Å². The summed E-state index contributed by atoms with van der Waals surface area (Å²) in [5, 5.41) is 16.5. The topological polar surface area (TPSA) is 84.9 Å². The Bertz CT molecular complexity index is 937. The standard InChI is InChI=1S/C21H23N3O4/c1-13(15-6-5-9-23-21(15)22-2)10-19-17(25)12-20(28-19)24-16-8-7-14(26-3)11-18(16)27-4/h5-12,17,24-25H,1H2,2-4H3,(H,22,23)/b19-10-. The minimum Gasteiger partial charge on any atom is -0.497 e. The molecule has 0 saturated carbocycles. The number of rotatable bonds is 7. The zero-order valence-electron chi connectivity index (χ0n) is 16.0. The van der Waals surface area contributed by atoms with Gasteiger partial charge in [0.1, 0.15) is 29.2 Å². The van der Waals surface area contributed by atoms with Gasteiger partial charge in [0.25, 0.3) is 0 Å². The molecule has 7 nitrogen and oxygen atoms in total. The highest BCUT2D eigenvalue weighted by molar-refractivity contribution is 5.79. The molecule has 0 amide bonds. The second-order valence-corrected chi connectivity index (χ2v) is 5.99. The van der Waals surface area contributed by atoms with Crippen molar-refractivity contribution in [2.75, 3.05) is 31.9 Å². The maximum atomic E-state index is 10.3. The summed E-state index contributed by atoms with van der Waals surface area (Å²) >= 11 is 0. The maximum absolute atomic E-state index is 10.3. The van der Waals surface area contributed by atoms with Crippen LogP contribution in [0.5, 0.6) is 11.5 Å². The molecule has 0 fully saturated rings. The average molecular weight is 381 g/mol. The number of allylic oxidation sites excluding steroid dienone is 2. The Kier molecular flexibility index (Phi) is 5.86. The van der Waals surface area contributed by atoms with Crippen LogP contribution in [-0.2, 0) is 4.74 Å². The summed E-state index contributed by atoms with van der Waals surface area (Å²) in [5.41, 5.74) is 2.18. The Morgan fingerprint density at radius 2 is 2.11 bits per heavy atom. The lowest BCUT2D eigenvalue weighted by atomic mass is 10.1. The number of aliphatic hydroxyl groups excluding tert-OH is 1. The van der Waals surface area contributed by atoms with Crippen molar-refractivity contribution < 1.29 is 19.3 Å². The third-order valence-corrected chi connectivity index (χ3v) is 4.20. The van der Waals surface area contributed by atoms with Gasteiger partial charge in [-0.1, -0.05) is 6.58 Å². The highest BCUT2D eigenvalue weighted by atomic mass is 16.5. The number of hydrogen-bond donors (Lipinski definition) is 3. The van der Waals surface area contributed by atoms with Gasteiger partial charge in [-0.2, -0.15) is 0 Å². The van der Waals surface area contributed by atoms with Gasteiger partial charge < -0.3 is 30.0 Å². The van der Waals surface area contributed by atoms with E-state index in [2.05, 4.69) is 22.2 Å². The summed E-state index contributed by atoms with van der Waals surface area (Å²) in [4.78, 5) is 4.26. The normalized spacial score (nSPS) is 16.9. The number of nitrogens with zero attached hydrogens (tertiary/aromatic N) is 1. The average Bonchev–Trinajstić information content (AvgIpc) is 3.06. The first-order chi connectivity index (χ1) is 13.5. The van der Waals surface area contributed by atoms with Crippen LogP contribution in [0.25, 0.3) is 5.57 Å². The fraction of sp³-hybridized carbons (Fsp3) is 0.190. The second kappa shape index (κ2) is 8.49. The number of aliphatic hydroxyl groups is 1. The second-order valence-electron chi connectivity index (χ2n) is 5.99. The van der Waals surface area contributed by atoms with Crippen LogP contribution >= 0.6 is 0 Å². The van der Waals surface area contributed by atoms with Gasteiger partial charge in [-0.25, -0.2) is 4.98 Å². The lowest BCUT2D eigenvalue weighted by molar-refractivity contribution is 0.202. The molecule has 2 aromatic rings. The fourth-order valence-electron chi connectivity index (χ4n) is 2.78. The van der Waals surface area contributed by atoms with Crippen LogP contribution in [0.2, 0.25) is 0 Å². The monoisotopic (exact) mass is 381 g/mol. The van der Waals surface area contributed by atoms with E-state index in [1.165, 1.54) is 0 Å². The molecule has 3 N–H and O–H groups in total. The smallest absolute Gasteiger partial charge is 0.196 e. The highest BCUT2D eigenvalue weighted by Crippen LogP contribution is 2.33. The van der Waals surface area contributed by atoms with E-state index in [1.54, 1.807) is 51.7 Å². The van der Waals surface area contributed by atoms with Crippen LogP contribution < -0.4 is 20.1 Å². The van der Waals surface area contributed by atoms with E-state index in [4.69, 9.17) is 14.2 Å². The molecule has 7 heteroatoms. The van der Waals surface area contributed by atoms with Crippen LogP contribution in [0.1, 0.15) is 5.56 Å². The predicted octanol–water partition coefficient (Wildman–Crippen LogP) is 3.38. The zero-order chi connectivity index (χ0) is 20.1.